The molecule has 0 aliphatic heterocycles. The van der Waals surface area contributed by atoms with Crippen molar-refractivity contribution in [3.8, 4) is 0 Å². The molecule has 1 aromatic carbocycles. The Kier molecular flexibility index (Phi) is 2.41. The number of carbonyl (C=O) groups is 1. The monoisotopic (exact) mass is 202 g/mol. The summed E-state index contributed by atoms with van der Waals surface area (Å²) in [7, 11) is 0. The van der Waals surface area contributed by atoms with Crippen molar-refractivity contribution in [2.75, 3.05) is 0 Å². The van der Waals surface area contributed by atoms with Gasteiger partial charge in [0.05, 0.1) is 0 Å². The lowest BCUT2D eigenvalue weighted by molar-refractivity contribution is -0.119. The Bertz CT molecular complexity index is 385. The predicted octanol–water partition coefficient (Wildman–Crippen LogP) is 3.33. The van der Waals surface area contributed by atoms with Crippen molar-refractivity contribution < 1.29 is 4.79 Å². The minimum atomic E-state index is 0.140. The van der Waals surface area contributed by atoms with Crippen LogP contribution in [0.4, 0.5) is 0 Å². The zero-order chi connectivity index (χ0) is 11.1. The van der Waals surface area contributed by atoms with Crippen LogP contribution in [0.15, 0.2) is 24.3 Å². The van der Waals surface area contributed by atoms with E-state index in [1.165, 1.54) is 11.1 Å². The van der Waals surface area contributed by atoms with E-state index in [0.29, 0.717) is 12.2 Å². The lowest BCUT2D eigenvalue weighted by Gasteiger charge is -2.22. The first-order valence-electron chi connectivity index (χ1n) is 5.58. The van der Waals surface area contributed by atoms with Gasteiger partial charge in [0, 0.05) is 12.3 Å². The maximum absolute atomic E-state index is 11.9. The summed E-state index contributed by atoms with van der Waals surface area (Å²) in [5, 5.41) is 0. The van der Waals surface area contributed by atoms with Crippen LogP contribution in [0.25, 0.3) is 0 Å². The van der Waals surface area contributed by atoms with Crippen molar-refractivity contribution in [1.82, 2.24) is 0 Å². The lowest BCUT2D eigenvalue weighted by atomic mass is 9.82. The molecule has 1 nitrogen and oxygen atoms in total. The molecule has 15 heavy (non-hydrogen) atoms. The number of benzene rings is 1. The van der Waals surface area contributed by atoms with E-state index in [2.05, 4.69) is 32.9 Å². The number of hydrogen-bond donors (Lipinski definition) is 0. The average Bonchev–Trinajstić information content (AvgIpc) is 2.41. The number of fused-ring (bicyclic) bond motifs is 1. The maximum Gasteiger partial charge on any atom is 0.144 e. The van der Waals surface area contributed by atoms with Gasteiger partial charge in [0.1, 0.15) is 5.78 Å². The molecular weight excluding hydrogens is 184 g/mol. The van der Waals surface area contributed by atoms with Gasteiger partial charge in [-0.1, -0.05) is 45.0 Å². The molecule has 1 aromatic rings. The molecule has 0 amide bonds. The minimum absolute atomic E-state index is 0.140. The van der Waals surface area contributed by atoms with E-state index in [1.807, 2.05) is 12.1 Å². The smallest absolute Gasteiger partial charge is 0.144 e. The minimum Gasteiger partial charge on any atom is -0.299 e. The first-order chi connectivity index (χ1) is 6.97. The van der Waals surface area contributed by atoms with Crippen molar-refractivity contribution in [2.45, 2.75) is 39.5 Å². The normalized spacial score (nSPS) is 20.5. The highest BCUT2D eigenvalue weighted by molar-refractivity contribution is 5.92. The summed E-state index contributed by atoms with van der Waals surface area (Å²) in [5.41, 5.74) is 2.71. The molecule has 0 radical (unpaired) electrons. The summed E-state index contributed by atoms with van der Waals surface area (Å²) in [6.45, 7) is 6.59. The van der Waals surface area contributed by atoms with Crippen LogP contribution in [0.2, 0.25) is 0 Å². The lowest BCUT2D eigenvalue weighted by Crippen LogP contribution is -2.15. The summed E-state index contributed by atoms with van der Waals surface area (Å²) in [6.07, 6.45) is 1.60. The van der Waals surface area contributed by atoms with Gasteiger partial charge in [-0.3, -0.25) is 4.79 Å². The molecule has 0 heterocycles. The fraction of sp³-hybridized carbons (Fsp3) is 0.500. The van der Waals surface area contributed by atoms with Crippen molar-refractivity contribution in [1.29, 1.82) is 0 Å². The molecule has 0 aromatic heterocycles. The molecule has 0 saturated heterocycles. The largest absolute Gasteiger partial charge is 0.299 e. The molecule has 0 saturated carbocycles. The molecule has 1 aliphatic carbocycles. The molecule has 0 fully saturated rings. The highest BCUT2D eigenvalue weighted by Crippen LogP contribution is 2.38. The van der Waals surface area contributed by atoms with Crippen LogP contribution in [0.3, 0.4) is 0 Å². The van der Waals surface area contributed by atoms with E-state index in [1.54, 1.807) is 0 Å². The number of hydrogen-bond acceptors (Lipinski definition) is 1. The van der Waals surface area contributed by atoms with Gasteiger partial charge in [0.25, 0.3) is 0 Å². The Labute approximate surface area is 91.5 Å². The number of ketones is 1. The summed E-state index contributed by atoms with van der Waals surface area (Å²) in [4.78, 5) is 11.9. The summed E-state index contributed by atoms with van der Waals surface area (Å²) < 4.78 is 0. The van der Waals surface area contributed by atoms with Crippen LogP contribution in [0.5, 0.6) is 0 Å². The van der Waals surface area contributed by atoms with Gasteiger partial charge < -0.3 is 0 Å². The van der Waals surface area contributed by atoms with Crippen LogP contribution in [0, 0.1) is 5.41 Å². The second kappa shape index (κ2) is 3.48. The second-order valence-electron chi connectivity index (χ2n) is 5.66. The third-order valence-corrected chi connectivity index (χ3v) is 3.00. The van der Waals surface area contributed by atoms with E-state index < -0.39 is 0 Å². The Morgan fingerprint density at radius 3 is 2.60 bits per heavy atom. The molecule has 1 atom stereocenters. The summed E-state index contributed by atoms with van der Waals surface area (Å²) in [5.74, 6) is 0.535. The van der Waals surface area contributed by atoms with E-state index in [4.69, 9.17) is 0 Å². The van der Waals surface area contributed by atoms with E-state index in [0.717, 1.165) is 6.42 Å². The van der Waals surface area contributed by atoms with Gasteiger partial charge in [-0.25, -0.2) is 0 Å². The van der Waals surface area contributed by atoms with Crippen LogP contribution in [-0.2, 0) is 11.2 Å². The van der Waals surface area contributed by atoms with Crippen LogP contribution in [0.1, 0.15) is 44.2 Å². The number of Topliss-reactive ketones (excluding diaryl/α,β-unsaturated/α-hetero) is 1. The zero-order valence-electron chi connectivity index (χ0n) is 9.71. The first kappa shape index (κ1) is 10.4. The van der Waals surface area contributed by atoms with Gasteiger partial charge >= 0.3 is 0 Å². The maximum atomic E-state index is 11.9. The van der Waals surface area contributed by atoms with Gasteiger partial charge in [-0.2, -0.15) is 0 Å². The van der Waals surface area contributed by atoms with Gasteiger partial charge in [-0.15, -0.1) is 0 Å². The quantitative estimate of drug-likeness (QED) is 0.682. The van der Waals surface area contributed by atoms with Crippen LogP contribution < -0.4 is 0 Å². The molecule has 1 unspecified atom stereocenters. The van der Waals surface area contributed by atoms with Crippen molar-refractivity contribution in [2.24, 2.45) is 5.41 Å². The third-order valence-electron chi connectivity index (χ3n) is 3.00. The molecule has 0 bridgehead atoms. The molecule has 1 aliphatic rings. The Morgan fingerprint density at radius 2 is 1.93 bits per heavy atom. The summed E-state index contributed by atoms with van der Waals surface area (Å²) in [6, 6.07) is 8.24. The summed E-state index contributed by atoms with van der Waals surface area (Å²) >= 11 is 0. The topological polar surface area (TPSA) is 17.1 Å². The number of carbonyl (C=O) groups excluding carboxylic acids is 1. The van der Waals surface area contributed by atoms with E-state index in [9.17, 15) is 4.79 Å². The Balaban J connectivity index is 2.30. The zero-order valence-corrected chi connectivity index (χ0v) is 9.71. The van der Waals surface area contributed by atoms with Gasteiger partial charge in [0.2, 0.25) is 0 Å². The van der Waals surface area contributed by atoms with Crippen LogP contribution in [-0.4, -0.2) is 5.78 Å². The van der Waals surface area contributed by atoms with Gasteiger partial charge in [-0.05, 0) is 23.0 Å². The fourth-order valence-electron chi connectivity index (χ4n) is 2.36. The number of rotatable bonds is 1. The molecule has 80 valence electrons. The van der Waals surface area contributed by atoms with E-state index in [-0.39, 0.29) is 11.3 Å². The van der Waals surface area contributed by atoms with Crippen LogP contribution >= 0.6 is 0 Å². The SMILES string of the molecule is CC(C)(C)CC1C(=O)Cc2ccccc21. The molecule has 0 spiro atoms. The van der Waals surface area contributed by atoms with Gasteiger partial charge in [0.15, 0.2) is 0 Å². The highest BCUT2D eigenvalue weighted by atomic mass is 16.1. The molecule has 2 rings (SSSR count). The molecule has 1 heteroatoms. The van der Waals surface area contributed by atoms with Crippen molar-refractivity contribution in [3.63, 3.8) is 0 Å². The predicted molar refractivity (Wildman–Crippen MR) is 62.0 cm³/mol. The highest BCUT2D eigenvalue weighted by Gasteiger charge is 2.32. The average molecular weight is 202 g/mol. The standard InChI is InChI=1S/C14H18O/c1-14(2,3)9-12-11-7-5-4-6-10(11)8-13(12)15/h4-7,12H,8-9H2,1-3H3. The van der Waals surface area contributed by atoms with Crippen molar-refractivity contribution >= 4 is 5.78 Å². The molecular formula is C14H18O. The van der Waals surface area contributed by atoms with Crippen molar-refractivity contribution in [3.05, 3.63) is 35.4 Å². The third kappa shape index (κ3) is 2.11. The van der Waals surface area contributed by atoms with E-state index >= 15 is 0 Å². The molecule has 0 N–H and O–H groups in total. The second-order valence-corrected chi connectivity index (χ2v) is 5.66. The first-order valence-corrected chi connectivity index (χ1v) is 5.58. The Hall–Kier alpha value is -1.11. The fourth-order valence-corrected chi connectivity index (χ4v) is 2.36. The Morgan fingerprint density at radius 1 is 1.27 bits per heavy atom.